The second kappa shape index (κ2) is 18.9. The Kier molecular flexibility index (Phi) is 16.1. The molecule has 3 aliphatic rings. The van der Waals surface area contributed by atoms with Gasteiger partial charge in [0.1, 0.15) is 26.4 Å². The zero-order valence-electron chi connectivity index (χ0n) is 27.3. The normalized spacial score (nSPS) is 31.5. The van der Waals surface area contributed by atoms with Gasteiger partial charge in [-0.05, 0) is 118 Å². The molecule has 0 aromatic carbocycles. The van der Waals surface area contributed by atoms with E-state index < -0.39 is 28.7 Å². The molecule has 0 spiro atoms. The summed E-state index contributed by atoms with van der Waals surface area (Å²) >= 11 is 0. The van der Waals surface area contributed by atoms with Crippen molar-refractivity contribution >= 4 is 16.5 Å². The summed E-state index contributed by atoms with van der Waals surface area (Å²) in [6, 6.07) is 0. The first kappa shape index (κ1) is 37.4. The Morgan fingerprint density at radius 2 is 1.61 bits per heavy atom. The van der Waals surface area contributed by atoms with E-state index >= 15 is 0 Å². The maximum atomic E-state index is 11.7. The third-order valence-corrected chi connectivity index (χ3v) is 11.6. The lowest BCUT2D eigenvalue weighted by Crippen LogP contribution is -2.35. The fourth-order valence-electron chi connectivity index (χ4n) is 7.67. The van der Waals surface area contributed by atoms with Gasteiger partial charge in [0.15, 0.2) is 0 Å². The zero-order valence-corrected chi connectivity index (χ0v) is 29.1. The predicted octanol–water partition coefficient (Wildman–Crippen LogP) is 8.92. The number of allylic oxidation sites excluding steroid dienone is 5. The van der Waals surface area contributed by atoms with Crippen molar-refractivity contribution in [2.45, 2.75) is 111 Å². The van der Waals surface area contributed by atoms with E-state index in [1.807, 2.05) is 0 Å². The predicted molar refractivity (Wildman–Crippen MR) is 175 cm³/mol. The van der Waals surface area contributed by atoms with Crippen LogP contribution in [0.2, 0.25) is 0 Å². The van der Waals surface area contributed by atoms with Crippen LogP contribution in [-0.2, 0) is 27.2 Å². The molecule has 0 saturated heterocycles. The summed E-state index contributed by atoms with van der Waals surface area (Å²) < 4.78 is 44.1. The molecule has 3 aliphatic carbocycles. The van der Waals surface area contributed by atoms with Gasteiger partial charge >= 0.3 is 16.5 Å². The van der Waals surface area contributed by atoms with Crippen LogP contribution < -0.4 is 0 Å². The molecule has 248 valence electrons. The molecule has 3 unspecified atom stereocenters. The highest BCUT2D eigenvalue weighted by atomic mass is 31.1. The summed E-state index contributed by atoms with van der Waals surface area (Å²) in [5, 5.41) is 20.4. The molecule has 8 atom stereocenters. The molecule has 0 aromatic heterocycles. The molecule has 3 fully saturated rings. The van der Waals surface area contributed by atoms with Gasteiger partial charge < -0.3 is 10.2 Å². The van der Waals surface area contributed by atoms with Crippen molar-refractivity contribution in [1.29, 1.82) is 0 Å². The Labute approximate surface area is 267 Å². The third-order valence-electron chi connectivity index (χ3n) is 9.92. The van der Waals surface area contributed by atoms with E-state index in [0.717, 1.165) is 43.3 Å². The van der Waals surface area contributed by atoms with Crippen molar-refractivity contribution in [3.63, 3.8) is 0 Å². The Hall–Kier alpha value is -1.08. The Morgan fingerprint density at radius 1 is 0.977 bits per heavy atom. The average Bonchev–Trinajstić information content (AvgIpc) is 3.34. The van der Waals surface area contributed by atoms with Gasteiger partial charge in [-0.2, -0.15) is 0 Å². The second-order valence-corrected chi connectivity index (χ2v) is 14.8. The second-order valence-electron chi connectivity index (χ2n) is 12.9. The maximum absolute atomic E-state index is 11.7. The minimum atomic E-state index is -2.06. The number of rotatable bonds is 18. The highest BCUT2D eigenvalue weighted by Crippen LogP contribution is 2.59. The topological polar surface area (TPSA) is 112 Å². The number of fused-ring (bicyclic) bond motifs is 1. The third kappa shape index (κ3) is 11.0. The number of aliphatic hydroxyl groups is 2. The lowest BCUT2D eigenvalue weighted by Gasteiger charge is -2.44. The Morgan fingerprint density at radius 3 is 2.23 bits per heavy atom. The maximum Gasteiger partial charge on any atom is 0.697 e. The minimum absolute atomic E-state index is 0.237. The number of aliphatic hydroxyl groups excluding tert-OH is 2. The molecule has 0 aliphatic heterocycles. The highest BCUT2D eigenvalue weighted by Gasteiger charge is 2.50. The van der Waals surface area contributed by atoms with E-state index in [1.165, 1.54) is 31.3 Å². The Bertz CT molecular complexity index is 1030. The molecular formula is C34H56O8P2+2. The standard InChI is InChI=1S/C34H56O8P2/c1-6-39-43(37)41-21-9-11-27(12-10-22-42-44(38)40-7-2)15-14-25(3)31-18-19-32-28(13-8-20-34(31,32)5)16-17-29-23-30(35)24-33(36)26(29)4/h14-17,25,27,30-33,35-36H,4,6-13,18-24H2,1-3,5H3/q+2/b15-14+,28-16+,29-17-/t25-,30-,31-,32?,33+,34-/m1/s1. The SMILES string of the molecule is C=C1/C(=C\C=C2/CCC[C@@]3(C)C2CC[C@@H]3[C@H](C)/C=C/C(CCCO[P+](=O)OCC)CCCO[P+](=O)OCC)C[C@@H](O)C[C@@H]1O. The fraction of sp³-hybridized carbons (Fsp3) is 0.765. The molecular weight excluding hydrogens is 598 g/mol. The lowest BCUT2D eigenvalue weighted by atomic mass is 9.61. The van der Waals surface area contributed by atoms with Gasteiger partial charge in [0.25, 0.3) is 0 Å². The molecule has 0 radical (unpaired) electrons. The van der Waals surface area contributed by atoms with Crippen LogP contribution in [0.15, 0.2) is 47.6 Å². The first-order valence-corrected chi connectivity index (χ1v) is 18.9. The summed E-state index contributed by atoms with van der Waals surface area (Å²) in [7, 11) is -4.12. The van der Waals surface area contributed by atoms with Crippen LogP contribution in [0.4, 0.5) is 0 Å². The van der Waals surface area contributed by atoms with Gasteiger partial charge in [0, 0.05) is 15.6 Å². The van der Waals surface area contributed by atoms with Gasteiger partial charge in [-0.3, -0.25) is 0 Å². The van der Waals surface area contributed by atoms with Crippen molar-refractivity contribution < 1.29 is 37.4 Å². The van der Waals surface area contributed by atoms with Gasteiger partial charge in [-0.1, -0.05) is 50.3 Å². The van der Waals surface area contributed by atoms with Crippen molar-refractivity contribution in [3.05, 3.63) is 47.6 Å². The van der Waals surface area contributed by atoms with E-state index in [4.69, 9.17) is 18.1 Å². The fourth-order valence-corrected chi connectivity index (χ4v) is 8.79. The van der Waals surface area contributed by atoms with Crippen LogP contribution in [0.25, 0.3) is 0 Å². The van der Waals surface area contributed by atoms with Crippen LogP contribution >= 0.6 is 16.5 Å². The molecule has 0 aromatic rings. The number of hydrogen-bond donors (Lipinski definition) is 2. The molecule has 3 rings (SSSR count). The van der Waals surface area contributed by atoms with E-state index in [-0.39, 0.29) is 5.41 Å². The monoisotopic (exact) mass is 654 g/mol. The average molecular weight is 655 g/mol. The molecule has 10 heteroatoms. The first-order valence-electron chi connectivity index (χ1n) is 16.7. The van der Waals surface area contributed by atoms with Gasteiger partial charge in [-0.25, -0.2) is 0 Å². The quantitative estimate of drug-likeness (QED) is 0.0856. The van der Waals surface area contributed by atoms with Gasteiger partial charge in [0.2, 0.25) is 0 Å². The van der Waals surface area contributed by atoms with Crippen LogP contribution in [-0.4, -0.2) is 48.8 Å². The van der Waals surface area contributed by atoms with Crippen LogP contribution in [0.1, 0.15) is 98.3 Å². The molecule has 0 amide bonds. The minimum Gasteiger partial charge on any atom is -0.393 e. The summed E-state index contributed by atoms with van der Waals surface area (Å²) in [6.07, 6.45) is 18.1. The van der Waals surface area contributed by atoms with E-state index in [1.54, 1.807) is 13.8 Å². The van der Waals surface area contributed by atoms with E-state index in [9.17, 15) is 19.3 Å². The number of hydrogen-bond acceptors (Lipinski definition) is 8. The molecule has 8 nitrogen and oxygen atoms in total. The van der Waals surface area contributed by atoms with E-state index in [2.05, 4.69) is 44.7 Å². The zero-order chi connectivity index (χ0) is 32.1. The summed E-state index contributed by atoms with van der Waals surface area (Å²) in [5.74, 6) is 1.88. The molecule has 3 saturated carbocycles. The smallest absolute Gasteiger partial charge is 0.393 e. The first-order chi connectivity index (χ1) is 21.1. The summed E-state index contributed by atoms with van der Waals surface area (Å²) in [4.78, 5) is 0. The van der Waals surface area contributed by atoms with Crippen LogP contribution in [0.5, 0.6) is 0 Å². The molecule has 0 heterocycles. The molecule has 2 N–H and O–H groups in total. The van der Waals surface area contributed by atoms with Crippen molar-refractivity contribution in [2.75, 3.05) is 26.4 Å². The highest BCUT2D eigenvalue weighted by molar-refractivity contribution is 7.33. The van der Waals surface area contributed by atoms with Crippen molar-refractivity contribution in [2.24, 2.45) is 29.1 Å². The van der Waals surface area contributed by atoms with Gasteiger partial charge in [0.05, 0.1) is 12.2 Å². The molecule has 44 heavy (non-hydrogen) atoms. The Balaban J connectivity index is 1.63. The van der Waals surface area contributed by atoms with Crippen molar-refractivity contribution in [3.8, 4) is 0 Å². The van der Waals surface area contributed by atoms with Crippen molar-refractivity contribution in [1.82, 2.24) is 0 Å². The molecule has 0 bridgehead atoms. The lowest BCUT2D eigenvalue weighted by molar-refractivity contribution is 0.0862. The van der Waals surface area contributed by atoms with E-state index in [0.29, 0.717) is 62.9 Å². The van der Waals surface area contributed by atoms with Crippen LogP contribution in [0, 0.1) is 29.1 Å². The van der Waals surface area contributed by atoms with Gasteiger partial charge in [-0.15, -0.1) is 18.1 Å². The van der Waals surface area contributed by atoms with Crippen LogP contribution in [0.3, 0.4) is 0 Å². The largest absolute Gasteiger partial charge is 0.697 e. The summed E-state index contributed by atoms with van der Waals surface area (Å²) in [5.41, 5.74) is 3.45. The summed E-state index contributed by atoms with van der Waals surface area (Å²) in [6.45, 7) is 14.0.